The van der Waals surface area contributed by atoms with E-state index in [0.717, 1.165) is 38.4 Å². The van der Waals surface area contributed by atoms with Crippen molar-refractivity contribution >= 4 is 0 Å². The minimum atomic E-state index is 0.567. The molecule has 0 aromatic heterocycles. The molecule has 1 heterocycles. The summed E-state index contributed by atoms with van der Waals surface area (Å²) in [6, 6.07) is 10.5. The van der Waals surface area contributed by atoms with Gasteiger partial charge in [0.1, 0.15) is 5.75 Å². The van der Waals surface area contributed by atoms with E-state index in [1.54, 1.807) is 0 Å². The lowest BCUT2D eigenvalue weighted by atomic mass is 9.93. The second-order valence-electron chi connectivity index (χ2n) is 4.47. The van der Waals surface area contributed by atoms with Gasteiger partial charge in [-0.3, -0.25) is 0 Å². The van der Waals surface area contributed by atoms with Gasteiger partial charge in [-0.2, -0.15) is 0 Å². The quantitative estimate of drug-likeness (QED) is 0.847. The van der Waals surface area contributed by atoms with Gasteiger partial charge in [0.2, 0.25) is 0 Å². The summed E-state index contributed by atoms with van der Waals surface area (Å²) < 4.78 is 11.2. The molecule has 0 radical (unpaired) electrons. The lowest BCUT2D eigenvalue weighted by Gasteiger charge is -2.31. The maximum absolute atomic E-state index is 5.72. The van der Waals surface area contributed by atoms with Crippen LogP contribution in [0, 0.1) is 5.92 Å². The highest BCUT2D eigenvalue weighted by atomic mass is 16.5. The molecular formula is C14H21NO2. The highest BCUT2D eigenvalue weighted by Crippen LogP contribution is 2.18. The predicted molar refractivity (Wildman–Crippen MR) is 68.3 cm³/mol. The van der Waals surface area contributed by atoms with Crippen molar-refractivity contribution in [3.05, 3.63) is 30.3 Å². The molecule has 2 unspecified atom stereocenters. The Labute approximate surface area is 103 Å². The van der Waals surface area contributed by atoms with Crippen LogP contribution in [0.15, 0.2) is 30.3 Å². The van der Waals surface area contributed by atoms with Gasteiger partial charge in [-0.25, -0.2) is 0 Å². The Balaban J connectivity index is 1.74. The van der Waals surface area contributed by atoms with E-state index < -0.39 is 0 Å². The number of ether oxygens (including phenoxy) is 2. The topological polar surface area (TPSA) is 30.5 Å². The molecule has 2 rings (SSSR count). The van der Waals surface area contributed by atoms with E-state index in [0.29, 0.717) is 12.0 Å². The number of hydrogen-bond donors (Lipinski definition) is 1. The summed E-state index contributed by atoms with van der Waals surface area (Å²) in [6.45, 7) is 2.49. The van der Waals surface area contributed by atoms with E-state index in [-0.39, 0.29) is 0 Å². The fourth-order valence-corrected chi connectivity index (χ4v) is 2.31. The Morgan fingerprint density at radius 2 is 2.18 bits per heavy atom. The third-order valence-corrected chi connectivity index (χ3v) is 3.35. The average molecular weight is 235 g/mol. The second-order valence-corrected chi connectivity index (χ2v) is 4.47. The average Bonchev–Trinajstić information content (AvgIpc) is 2.40. The highest BCUT2D eigenvalue weighted by molar-refractivity contribution is 5.20. The minimum Gasteiger partial charge on any atom is -0.494 e. The maximum atomic E-state index is 5.72. The molecule has 1 aliphatic rings. The maximum Gasteiger partial charge on any atom is 0.119 e. The first-order chi connectivity index (χ1) is 8.40. The largest absolute Gasteiger partial charge is 0.494 e. The van der Waals surface area contributed by atoms with E-state index in [4.69, 9.17) is 9.47 Å². The normalized spacial score (nSPS) is 24.5. The van der Waals surface area contributed by atoms with Gasteiger partial charge in [-0.1, -0.05) is 18.2 Å². The van der Waals surface area contributed by atoms with Crippen LogP contribution in [0.4, 0.5) is 0 Å². The molecular weight excluding hydrogens is 214 g/mol. The van der Waals surface area contributed by atoms with Crippen molar-refractivity contribution in [2.75, 3.05) is 26.9 Å². The Kier molecular flexibility index (Phi) is 4.83. The third-order valence-electron chi connectivity index (χ3n) is 3.35. The van der Waals surface area contributed by atoms with Gasteiger partial charge in [0, 0.05) is 18.6 Å². The van der Waals surface area contributed by atoms with E-state index in [9.17, 15) is 0 Å². The molecule has 1 aromatic carbocycles. The Morgan fingerprint density at radius 1 is 1.35 bits per heavy atom. The van der Waals surface area contributed by atoms with Gasteiger partial charge in [0.25, 0.3) is 0 Å². The Morgan fingerprint density at radius 3 is 2.94 bits per heavy atom. The van der Waals surface area contributed by atoms with Crippen LogP contribution >= 0.6 is 0 Å². The van der Waals surface area contributed by atoms with Crippen LogP contribution in [0.2, 0.25) is 0 Å². The lowest BCUT2D eigenvalue weighted by Crippen LogP contribution is -2.41. The fraction of sp³-hybridized carbons (Fsp3) is 0.571. The van der Waals surface area contributed by atoms with Crippen LogP contribution in [0.25, 0.3) is 0 Å². The van der Waals surface area contributed by atoms with Crippen molar-refractivity contribution in [3.8, 4) is 5.75 Å². The third kappa shape index (κ3) is 3.72. The first-order valence-electron chi connectivity index (χ1n) is 6.33. The molecule has 0 aliphatic carbocycles. The standard InChI is InChI=1S/C14H21NO2/c1-15-14-8-9-16-11-12(14)7-10-17-13-5-3-2-4-6-13/h2-6,12,14-15H,7-11H2,1H3. The van der Waals surface area contributed by atoms with Crippen LogP contribution in [-0.4, -0.2) is 32.9 Å². The van der Waals surface area contributed by atoms with Crippen LogP contribution in [0.5, 0.6) is 5.75 Å². The summed E-state index contributed by atoms with van der Waals surface area (Å²) in [6.07, 6.45) is 2.15. The molecule has 0 amide bonds. The summed E-state index contributed by atoms with van der Waals surface area (Å²) in [4.78, 5) is 0. The van der Waals surface area contributed by atoms with Gasteiger partial charge >= 0.3 is 0 Å². The first-order valence-corrected chi connectivity index (χ1v) is 6.33. The first kappa shape index (κ1) is 12.4. The van der Waals surface area contributed by atoms with Crippen molar-refractivity contribution in [1.82, 2.24) is 5.32 Å². The molecule has 1 N–H and O–H groups in total. The molecule has 1 saturated heterocycles. The number of rotatable bonds is 5. The van der Waals surface area contributed by atoms with E-state index in [1.807, 2.05) is 37.4 Å². The highest BCUT2D eigenvalue weighted by Gasteiger charge is 2.23. The fourth-order valence-electron chi connectivity index (χ4n) is 2.31. The van der Waals surface area contributed by atoms with Crippen molar-refractivity contribution in [2.45, 2.75) is 18.9 Å². The number of benzene rings is 1. The van der Waals surface area contributed by atoms with Crippen LogP contribution in [0.3, 0.4) is 0 Å². The molecule has 3 nitrogen and oxygen atoms in total. The summed E-state index contributed by atoms with van der Waals surface area (Å²) in [5, 5.41) is 3.37. The van der Waals surface area contributed by atoms with Crippen molar-refractivity contribution in [2.24, 2.45) is 5.92 Å². The molecule has 17 heavy (non-hydrogen) atoms. The van der Waals surface area contributed by atoms with Gasteiger partial charge < -0.3 is 14.8 Å². The summed E-state index contributed by atoms with van der Waals surface area (Å²) in [5.41, 5.74) is 0. The number of para-hydroxylation sites is 1. The Bertz CT molecular complexity index is 315. The molecule has 1 aliphatic heterocycles. The summed E-state index contributed by atoms with van der Waals surface area (Å²) >= 11 is 0. The van der Waals surface area contributed by atoms with E-state index >= 15 is 0 Å². The summed E-state index contributed by atoms with van der Waals surface area (Å²) in [5.74, 6) is 1.52. The zero-order valence-electron chi connectivity index (χ0n) is 10.4. The van der Waals surface area contributed by atoms with Crippen molar-refractivity contribution in [3.63, 3.8) is 0 Å². The predicted octanol–water partition coefficient (Wildman–Crippen LogP) is 2.08. The molecule has 0 spiro atoms. The number of nitrogens with one attached hydrogen (secondary N) is 1. The zero-order valence-corrected chi connectivity index (χ0v) is 10.4. The molecule has 1 fully saturated rings. The van der Waals surface area contributed by atoms with Crippen LogP contribution < -0.4 is 10.1 Å². The number of hydrogen-bond acceptors (Lipinski definition) is 3. The molecule has 0 saturated carbocycles. The van der Waals surface area contributed by atoms with Crippen molar-refractivity contribution < 1.29 is 9.47 Å². The SMILES string of the molecule is CNC1CCOCC1CCOc1ccccc1. The molecule has 94 valence electrons. The zero-order chi connectivity index (χ0) is 11.9. The lowest BCUT2D eigenvalue weighted by molar-refractivity contribution is 0.0256. The van der Waals surface area contributed by atoms with Gasteiger partial charge in [0.05, 0.1) is 13.2 Å². The van der Waals surface area contributed by atoms with Gasteiger partial charge in [-0.15, -0.1) is 0 Å². The van der Waals surface area contributed by atoms with E-state index in [1.165, 1.54) is 0 Å². The molecule has 1 aromatic rings. The van der Waals surface area contributed by atoms with E-state index in [2.05, 4.69) is 5.32 Å². The molecule has 2 atom stereocenters. The van der Waals surface area contributed by atoms with Gasteiger partial charge in [0.15, 0.2) is 0 Å². The monoisotopic (exact) mass is 235 g/mol. The smallest absolute Gasteiger partial charge is 0.119 e. The van der Waals surface area contributed by atoms with Gasteiger partial charge in [-0.05, 0) is 32.0 Å². The second kappa shape index (κ2) is 6.62. The van der Waals surface area contributed by atoms with Crippen LogP contribution in [-0.2, 0) is 4.74 Å². The van der Waals surface area contributed by atoms with Crippen LogP contribution in [0.1, 0.15) is 12.8 Å². The molecule has 0 bridgehead atoms. The molecule has 3 heteroatoms. The summed E-state index contributed by atoms with van der Waals surface area (Å²) in [7, 11) is 2.03. The van der Waals surface area contributed by atoms with Crippen molar-refractivity contribution in [1.29, 1.82) is 0 Å². The minimum absolute atomic E-state index is 0.567. The Hall–Kier alpha value is -1.06.